The molecular weight excluding hydrogens is 454 g/mol. The Balaban J connectivity index is 1.59. The van der Waals surface area contributed by atoms with E-state index in [0.717, 1.165) is 41.7 Å². The zero-order valence-electron chi connectivity index (χ0n) is 20.8. The van der Waals surface area contributed by atoms with E-state index in [9.17, 15) is 4.79 Å². The summed E-state index contributed by atoms with van der Waals surface area (Å²) in [5, 5.41) is 4.14. The van der Waals surface area contributed by atoms with Crippen molar-refractivity contribution in [1.29, 1.82) is 0 Å². The Morgan fingerprint density at radius 3 is 2.61 bits per heavy atom. The van der Waals surface area contributed by atoms with Crippen LogP contribution in [-0.4, -0.2) is 43.2 Å². The van der Waals surface area contributed by atoms with E-state index >= 15 is 0 Å². The van der Waals surface area contributed by atoms with Crippen LogP contribution in [0.4, 0.5) is 17.1 Å². The molecule has 0 atom stereocenters. The average Bonchev–Trinajstić information content (AvgIpc) is 2.91. The lowest BCUT2D eigenvalue weighted by Crippen LogP contribution is -2.20. The summed E-state index contributed by atoms with van der Waals surface area (Å²) in [6.07, 6.45) is 6.72. The van der Waals surface area contributed by atoms with Crippen molar-refractivity contribution < 1.29 is 14.3 Å². The molecule has 4 aromatic rings. The van der Waals surface area contributed by atoms with E-state index in [2.05, 4.69) is 27.1 Å². The van der Waals surface area contributed by atoms with Gasteiger partial charge in [0.1, 0.15) is 0 Å². The molecule has 186 valence electrons. The largest absolute Gasteiger partial charge is 0.493 e. The zero-order chi connectivity index (χ0) is 25.5. The van der Waals surface area contributed by atoms with Crippen LogP contribution in [0, 0.1) is 0 Å². The second-order valence-corrected chi connectivity index (χ2v) is 8.40. The fourth-order valence-corrected chi connectivity index (χ4v) is 4.09. The number of para-hydroxylation sites is 1. The van der Waals surface area contributed by atoms with E-state index in [-0.39, 0.29) is 0 Å². The molecule has 0 saturated heterocycles. The standard InChI is InChI=1S/C28H31N5O3/c1-4-19-8-5-6-9-23(19)32-27-21-16-25(35-3)26(17-24(21)31-18-22(27)28(29)34)36-15-7-14-33(2)20-10-12-30-13-11-20/h5-6,8-13,16-18H,4,7,14-15H2,1-3H3,(H2,29,34)(H,31,32). The fourth-order valence-electron chi connectivity index (χ4n) is 4.09. The SMILES string of the molecule is CCc1ccccc1Nc1c(C(N)=O)cnc2cc(OCCCN(C)c3ccncc3)c(OC)cc12. The molecule has 8 heteroatoms. The smallest absolute Gasteiger partial charge is 0.252 e. The van der Waals surface area contributed by atoms with Crippen LogP contribution in [0.25, 0.3) is 10.9 Å². The third-order valence-electron chi connectivity index (χ3n) is 6.08. The van der Waals surface area contributed by atoms with Gasteiger partial charge in [-0.15, -0.1) is 0 Å². The zero-order valence-corrected chi connectivity index (χ0v) is 20.8. The maximum absolute atomic E-state index is 12.2. The first-order valence-corrected chi connectivity index (χ1v) is 11.9. The lowest BCUT2D eigenvalue weighted by molar-refractivity contribution is 0.100. The minimum absolute atomic E-state index is 0.309. The highest BCUT2D eigenvalue weighted by molar-refractivity contribution is 6.08. The number of nitrogens with one attached hydrogen (secondary N) is 1. The van der Waals surface area contributed by atoms with Crippen LogP contribution >= 0.6 is 0 Å². The Bertz CT molecular complexity index is 1340. The average molecular weight is 486 g/mol. The summed E-state index contributed by atoms with van der Waals surface area (Å²) in [6, 6.07) is 15.6. The summed E-state index contributed by atoms with van der Waals surface area (Å²) >= 11 is 0. The number of aromatic nitrogens is 2. The van der Waals surface area contributed by atoms with Gasteiger partial charge in [-0.05, 0) is 42.7 Å². The van der Waals surface area contributed by atoms with Crippen molar-refractivity contribution in [1.82, 2.24) is 9.97 Å². The van der Waals surface area contributed by atoms with Crippen molar-refractivity contribution in [2.75, 3.05) is 37.5 Å². The van der Waals surface area contributed by atoms with Crippen LogP contribution in [0.15, 0.2) is 67.1 Å². The highest BCUT2D eigenvalue weighted by Crippen LogP contribution is 2.37. The number of fused-ring (bicyclic) bond motifs is 1. The van der Waals surface area contributed by atoms with Crippen LogP contribution in [0.2, 0.25) is 0 Å². The van der Waals surface area contributed by atoms with Gasteiger partial charge in [0.2, 0.25) is 0 Å². The van der Waals surface area contributed by atoms with Crippen LogP contribution in [0.5, 0.6) is 11.5 Å². The van der Waals surface area contributed by atoms with Crippen molar-refractivity contribution in [2.45, 2.75) is 19.8 Å². The number of hydrogen-bond donors (Lipinski definition) is 2. The summed E-state index contributed by atoms with van der Waals surface area (Å²) in [6.45, 7) is 3.41. The Kier molecular flexibility index (Phi) is 7.85. The molecule has 0 bridgehead atoms. The summed E-state index contributed by atoms with van der Waals surface area (Å²) in [5.74, 6) is 0.592. The molecule has 2 heterocycles. The minimum atomic E-state index is -0.557. The van der Waals surface area contributed by atoms with Gasteiger partial charge in [0.25, 0.3) is 5.91 Å². The quantitative estimate of drug-likeness (QED) is 0.290. The molecule has 0 fully saturated rings. The normalized spacial score (nSPS) is 10.8. The van der Waals surface area contributed by atoms with Crippen molar-refractivity contribution >= 4 is 33.9 Å². The molecule has 2 aromatic heterocycles. The highest BCUT2D eigenvalue weighted by Gasteiger charge is 2.18. The monoisotopic (exact) mass is 485 g/mol. The number of ether oxygens (including phenoxy) is 2. The van der Waals surface area contributed by atoms with E-state index in [1.54, 1.807) is 19.5 Å². The Labute approximate surface area is 211 Å². The Morgan fingerprint density at radius 1 is 1.11 bits per heavy atom. The number of hydrogen-bond acceptors (Lipinski definition) is 7. The van der Waals surface area contributed by atoms with E-state index in [4.69, 9.17) is 15.2 Å². The number of benzene rings is 2. The number of nitrogens with two attached hydrogens (primary N) is 1. The minimum Gasteiger partial charge on any atom is -0.493 e. The maximum Gasteiger partial charge on any atom is 0.252 e. The van der Waals surface area contributed by atoms with E-state index in [1.807, 2.05) is 55.6 Å². The molecule has 0 radical (unpaired) electrons. The third kappa shape index (κ3) is 5.49. The molecular formula is C28H31N5O3. The van der Waals surface area contributed by atoms with E-state index < -0.39 is 5.91 Å². The number of rotatable bonds is 11. The summed E-state index contributed by atoms with van der Waals surface area (Å²) in [4.78, 5) is 22.9. The van der Waals surface area contributed by atoms with Crippen LogP contribution < -0.4 is 25.4 Å². The maximum atomic E-state index is 12.2. The molecule has 3 N–H and O–H groups in total. The first-order chi connectivity index (χ1) is 17.5. The Hall–Kier alpha value is -4.33. The van der Waals surface area contributed by atoms with Gasteiger partial charge in [0, 0.05) is 55.0 Å². The third-order valence-corrected chi connectivity index (χ3v) is 6.08. The van der Waals surface area contributed by atoms with Gasteiger partial charge in [-0.1, -0.05) is 25.1 Å². The van der Waals surface area contributed by atoms with Gasteiger partial charge in [0.15, 0.2) is 11.5 Å². The van der Waals surface area contributed by atoms with Crippen LogP contribution in [0.1, 0.15) is 29.3 Å². The summed E-state index contributed by atoms with van der Waals surface area (Å²) < 4.78 is 11.7. The molecule has 4 rings (SSSR count). The van der Waals surface area contributed by atoms with Gasteiger partial charge in [-0.3, -0.25) is 14.8 Å². The topological polar surface area (TPSA) is 103 Å². The number of anilines is 3. The molecule has 36 heavy (non-hydrogen) atoms. The van der Waals surface area contributed by atoms with Crippen molar-refractivity contribution in [3.63, 3.8) is 0 Å². The number of carbonyl (C=O) groups is 1. The summed E-state index contributed by atoms with van der Waals surface area (Å²) in [5.41, 5.74) is 10.4. The predicted octanol–water partition coefficient (Wildman–Crippen LogP) is 4.95. The van der Waals surface area contributed by atoms with Crippen LogP contribution in [-0.2, 0) is 6.42 Å². The lowest BCUT2D eigenvalue weighted by Gasteiger charge is -2.20. The number of nitrogens with zero attached hydrogens (tertiary/aromatic N) is 3. The molecule has 2 aromatic carbocycles. The number of methoxy groups -OCH3 is 1. The fraction of sp³-hybridized carbons (Fsp3) is 0.250. The lowest BCUT2D eigenvalue weighted by atomic mass is 10.1. The second kappa shape index (κ2) is 11.4. The molecule has 1 amide bonds. The number of aryl methyl sites for hydroxylation is 1. The number of primary amides is 1. The van der Waals surface area contributed by atoms with Gasteiger partial charge in [-0.2, -0.15) is 0 Å². The van der Waals surface area contributed by atoms with E-state index in [0.29, 0.717) is 34.9 Å². The first kappa shape index (κ1) is 24.8. The molecule has 0 aliphatic rings. The molecule has 8 nitrogen and oxygen atoms in total. The van der Waals surface area contributed by atoms with Gasteiger partial charge in [0.05, 0.1) is 30.5 Å². The van der Waals surface area contributed by atoms with Crippen LogP contribution in [0.3, 0.4) is 0 Å². The molecule has 0 aliphatic heterocycles. The molecule has 0 spiro atoms. The number of amides is 1. The highest BCUT2D eigenvalue weighted by atomic mass is 16.5. The predicted molar refractivity (Wildman–Crippen MR) is 144 cm³/mol. The molecule has 0 aliphatic carbocycles. The first-order valence-electron chi connectivity index (χ1n) is 11.9. The second-order valence-electron chi connectivity index (χ2n) is 8.40. The van der Waals surface area contributed by atoms with Crippen molar-refractivity contribution in [3.05, 3.63) is 78.2 Å². The number of carbonyl (C=O) groups excluding carboxylic acids is 1. The van der Waals surface area contributed by atoms with Crippen molar-refractivity contribution in [3.8, 4) is 11.5 Å². The van der Waals surface area contributed by atoms with Crippen molar-refractivity contribution in [2.24, 2.45) is 5.73 Å². The molecule has 0 saturated carbocycles. The van der Waals surface area contributed by atoms with E-state index in [1.165, 1.54) is 6.20 Å². The molecule has 0 unspecified atom stereocenters. The summed E-state index contributed by atoms with van der Waals surface area (Å²) in [7, 11) is 3.63. The number of pyridine rings is 2. The van der Waals surface area contributed by atoms with Gasteiger partial charge in [-0.25, -0.2) is 0 Å². The Morgan fingerprint density at radius 2 is 1.89 bits per heavy atom. The van der Waals surface area contributed by atoms with Gasteiger partial charge < -0.3 is 25.4 Å². The van der Waals surface area contributed by atoms with Gasteiger partial charge >= 0.3 is 0 Å².